The Morgan fingerprint density at radius 1 is 1.17 bits per heavy atom. The number of carbonyl (C=O) groups is 4. The van der Waals surface area contributed by atoms with Crippen LogP contribution in [0.3, 0.4) is 0 Å². The minimum absolute atomic E-state index is 0.376. The van der Waals surface area contributed by atoms with Crippen LogP contribution in [-0.4, -0.2) is 53.4 Å². The number of hydrogen-bond donors (Lipinski definition) is 3. The number of unbranched alkanes of at least 4 members (excludes halogenated alkanes) is 2. The van der Waals surface area contributed by atoms with Gasteiger partial charge in [-0.05, 0) is 44.9 Å². The van der Waals surface area contributed by atoms with E-state index in [9.17, 15) is 24.4 Å². The maximum atomic E-state index is 13.6. The zero-order valence-electron chi connectivity index (χ0n) is 21.3. The Balaban J connectivity index is 3.40. The molecule has 0 spiro atoms. The van der Waals surface area contributed by atoms with E-state index >= 15 is 0 Å². The monoisotopic (exact) mass is 497 g/mol. The lowest BCUT2D eigenvalue weighted by Gasteiger charge is -2.32. The maximum Gasteiger partial charge on any atom is 0.408 e. The van der Waals surface area contributed by atoms with Crippen LogP contribution >= 0.6 is 0 Å². The number of nitrogens with one attached hydrogen (secondary N) is 2. The van der Waals surface area contributed by atoms with Gasteiger partial charge in [-0.25, -0.2) is 4.79 Å². The molecule has 1 aromatic rings. The molecule has 2 unspecified atom stereocenters. The number of nitrogens with zero attached hydrogens (tertiary/aromatic N) is 2. The largest absolute Gasteiger partial charge is 0.444 e. The van der Waals surface area contributed by atoms with Crippen LogP contribution in [0.5, 0.6) is 0 Å². The van der Waals surface area contributed by atoms with E-state index in [0.29, 0.717) is 17.7 Å². The summed E-state index contributed by atoms with van der Waals surface area (Å²) in [5.41, 5.74) is 5.42. The molecule has 1 aromatic carbocycles. The normalized spacial score (nSPS) is 12.3. The van der Waals surface area contributed by atoms with Gasteiger partial charge in [-0.15, -0.1) is 6.42 Å². The standard InChI is InChI=1S/C26H35N5O5/c1-6-8-9-15-29-23(33)22(19-12-10-18(7-2)11-13-19)31(16-14-27)24(34)20(17-21(28)32)30-25(35)36-26(3,4)5/h2,10-13,20,22H,6,8-9,15-17H2,1,3-5H3,(H2,28,32)(H,29,33)(H,30,35). The molecule has 0 heterocycles. The molecule has 0 bridgehead atoms. The molecule has 0 aliphatic carbocycles. The predicted molar refractivity (Wildman–Crippen MR) is 134 cm³/mol. The first kappa shape index (κ1) is 30.0. The quantitative estimate of drug-likeness (QED) is 0.228. The average molecular weight is 498 g/mol. The molecule has 10 nitrogen and oxygen atoms in total. The molecular weight excluding hydrogens is 462 g/mol. The van der Waals surface area contributed by atoms with Crippen LogP contribution in [0.2, 0.25) is 0 Å². The number of alkyl carbamates (subject to hydrolysis) is 1. The Morgan fingerprint density at radius 3 is 2.31 bits per heavy atom. The molecule has 0 aliphatic heterocycles. The number of nitrogens with two attached hydrogens (primary N) is 1. The third-order valence-corrected chi connectivity index (χ3v) is 4.95. The SMILES string of the molecule is C#Cc1ccc(C(C(=O)NCCCCC)N(CC#N)C(=O)C(CC(N)=O)NC(=O)OC(C)(C)C)cc1. The Morgan fingerprint density at radius 2 is 1.81 bits per heavy atom. The lowest BCUT2D eigenvalue weighted by Crippen LogP contribution is -2.54. The zero-order valence-corrected chi connectivity index (χ0v) is 21.3. The fraction of sp³-hybridized carbons (Fsp3) is 0.500. The van der Waals surface area contributed by atoms with Crippen molar-refractivity contribution < 1.29 is 23.9 Å². The molecule has 10 heteroatoms. The van der Waals surface area contributed by atoms with E-state index in [1.54, 1.807) is 45.0 Å². The van der Waals surface area contributed by atoms with Crippen molar-refractivity contribution in [2.45, 2.75) is 71.1 Å². The molecule has 0 saturated carbocycles. The molecule has 4 amide bonds. The lowest BCUT2D eigenvalue weighted by atomic mass is 10.0. The van der Waals surface area contributed by atoms with Crippen molar-refractivity contribution in [3.8, 4) is 18.4 Å². The van der Waals surface area contributed by atoms with Crippen molar-refractivity contribution in [3.05, 3.63) is 35.4 Å². The molecule has 2 atom stereocenters. The molecule has 4 N–H and O–H groups in total. The van der Waals surface area contributed by atoms with E-state index < -0.39 is 54.5 Å². The van der Waals surface area contributed by atoms with Gasteiger partial charge in [0.05, 0.1) is 12.5 Å². The van der Waals surface area contributed by atoms with Gasteiger partial charge < -0.3 is 26.0 Å². The molecular formula is C26H35N5O5. The highest BCUT2D eigenvalue weighted by molar-refractivity contribution is 5.94. The van der Waals surface area contributed by atoms with E-state index in [2.05, 4.69) is 16.6 Å². The number of hydrogen-bond acceptors (Lipinski definition) is 6. The number of benzene rings is 1. The van der Waals surface area contributed by atoms with Gasteiger partial charge in [-0.2, -0.15) is 5.26 Å². The minimum atomic E-state index is -1.45. The summed E-state index contributed by atoms with van der Waals surface area (Å²) < 4.78 is 5.20. The number of primary amides is 1. The van der Waals surface area contributed by atoms with Gasteiger partial charge in [0, 0.05) is 12.1 Å². The first-order chi connectivity index (χ1) is 16.9. The number of terminal acetylenes is 1. The van der Waals surface area contributed by atoms with E-state index in [4.69, 9.17) is 16.9 Å². The van der Waals surface area contributed by atoms with Crippen molar-refractivity contribution in [1.82, 2.24) is 15.5 Å². The topological polar surface area (TPSA) is 155 Å². The molecule has 0 fully saturated rings. The highest BCUT2D eigenvalue weighted by Crippen LogP contribution is 2.23. The van der Waals surface area contributed by atoms with Gasteiger partial charge in [0.25, 0.3) is 0 Å². The van der Waals surface area contributed by atoms with Crippen LogP contribution in [0.1, 0.15) is 70.5 Å². The van der Waals surface area contributed by atoms with Gasteiger partial charge in [0.1, 0.15) is 24.2 Å². The van der Waals surface area contributed by atoms with Gasteiger partial charge in [0.15, 0.2) is 0 Å². The minimum Gasteiger partial charge on any atom is -0.444 e. The first-order valence-corrected chi connectivity index (χ1v) is 11.7. The second kappa shape index (κ2) is 14.4. The van der Waals surface area contributed by atoms with Crippen molar-refractivity contribution >= 4 is 23.8 Å². The number of amides is 4. The number of ether oxygens (including phenoxy) is 1. The van der Waals surface area contributed by atoms with Crippen LogP contribution in [-0.2, 0) is 19.1 Å². The number of carbonyl (C=O) groups excluding carboxylic acids is 4. The van der Waals surface area contributed by atoms with Crippen molar-refractivity contribution in [2.24, 2.45) is 5.73 Å². The second-order valence-corrected chi connectivity index (χ2v) is 9.16. The fourth-order valence-corrected chi connectivity index (χ4v) is 3.34. The van der Waals surface area contributed by atoms with Crippen LogP contribution in [0, 0.1) is 23.7 Å². The van der Waals surface area contributed by atoms with Crippen molar-refractivity contribution in [2.75, 3.05) is 13.1 Å². The molecule has 194 valence electrons. The highest BCUT2D eigenvalue weighted by Gasteiger charge is 2.36. The summed E-state index contributed by atoms with van der Waals surface area (Å²) in [5, 5.41) is 14.6. The average Bonchev–Trinajstić information content (AvgIpc) is 2.79. The van der Waals surface area contributed by atoms with Gasteiger partial charge >= 0.3 is 6.09 Å². The predicted octanol–water partition coefficient (Wildman–Crippen LogP) is 2.14. The molecule has 0 aliphatic rings. The zero-order chi connectivity index (χ0) is 27.3. The van der Waals surface area contributed by atoms with Crippen LogP contribution in [0.25, 0.3) is 0 Å². The summed E-state index contributed by atoms with van der Waals surface area (Å²) in [6, 6.07) is 5.62. The van der Waals surface area contributed by atoms with E-state index in [1.165, 1.54) is 0 Å². The van der Waals surface area contributed by atoms with Crippen LogP contribution < -0.4 is 16.4 Å². The number of rotatable bonds is 12. The Hall–Kier alpha value is -4.05. The van der Waals surface area contributed by atoms with E-state index in [1.807, 2.05) is 13.0 Å². The number of nitriles is 1. The molecule has 0 radical (unpaired) electrons. The summed E-state index contributed by atoms with van der Waals surface area (Å²) in [6.45, 7) is 6.82. The highest BCUT2D eigenvalue weighted by atomic mass is 16.6. The van der Waals surface area contributed by atoms with Crippen LogP contribution in [0.15, 0.2) is 24.3 Å². The van der Waals surface area contributed by atoms with Crippen LogP contribution in [0.4, 0.5) is 4.79 Å². The Kier molecular flexibility index (Phi) is 12.0. The smallest absolute Gasteiger partial charge is 0.408 e. The molecule has 0 aromatic heterocycles. The summed E-state index contributed by atoms with van der Waals surface area (Å²) >= 11 is 0. The molecule has 36 heavy (non-hydrogen) atoms. The fourth-order valence-electron chi connectivity index (χ4n) is 3.34. The van der Waals surface area contributed by atoms with Gasteiger partial charge in [0.2, 0.25) is 17.7 Å². The summed E-state index contributed by atoms with van der Waals surface area (Å²) in [7, 11) is 0. The summed E-state index contributed by atoms with van der Waals surface area (Å²) in [4.78, 5) is 51.9. The van der Waals surface area contributed by atoms with Gasteiger partial charge in [-0.3, -0.25) is 14.4 Å². The van der Waals surface area contributed by atoms with E-state index in [0.717, 1.165) is 24.2 Å². The third-order valence-electron chi connectivity index (χ3n) is 4.95. The first-order valence-electron chi connectivity index (χ1n) is 11.7. The van der Waals surface area contributed by atoms with Gasteiger partial charge in [-0.1, -0.05) is 37.8 Å². The summed E-state index contributed by atoms with van der Waals surface area (Å²) in [5.74, 6) is 0.268. The third kappa shape index (κ3) is 10.1. The lowest BCUT2D eigenvalue weighted by molar-refractivity contribution is -0.142. The molecule has 0 saturated heterocycles. The second-order valence-electron chi connectivity index (χ2n) is 9.16. The maximum absolute atomic E-state index is 13.6. The summed E-state index contributed by atoms with van der Waals surface area (Å²) in [6.07, 6.45) is 6.53. The Labute approximate surface area is 212 Å². The van der Waals surface area contributed by atoms with E-state index in [-0.39, 0.29) is 0 Å². The Bertz CT molecular complexity index is 1000. The van der Waals surface area contributed by atoms with Crippen molar-refractivity contribution in [3.63, 3.8) is 0 Å². The van der Waals surface area contributed by atoms with Crippen molar-refractivity contribution in [1.29, 1.82) is 5.26 Å². The molecule has 1 rings (SSSR count).